The van der Waals surface area contributed by atoms with Gasteiger partial charge in [0.1, 0.15) is 5.56 Å². The maximum atomic E-state index is 12.5. The molecule has 1 aliphatic carbocycles. The number of hydrogen-bond acceptors (Lipinski definition) is 6. The van der Waals surface area contributed by atoms with Crippen molar-refractivity contribution < 1.29 is 9.53 Å². The molecule has 0 aliphatic heterocycles. The van der Waals surface area contributed by atoms with Gasteiger partial charge in [0.2, 0.25) is 0 Å². The molecule has 3 aromatic carbocycles. The minimum absolute atomic E-state index is 0.0906. The van der Waals surface area contributed by atoms with Crippen LogP contribution in [0, 0.1) is 18.3 Å². The van der Waals surface area contributed by atoms with Gasteiger partial charge in [-0.2, -0.15) is 5.26 Å². The van der Waals surface area contributed by atoms with Crippen LogP contribution in [0.2, 0.25) is 0 Å². The SMILES string of the molecule is CCCN(c1ccncc1C(=O)OC)C1c2cccc(Sc3ccc(Br)c(-c4ccccc4C#N)c3C)c21. The molecule has 1 aromatic heterocycles. The lowest BCUT2D eigenvalue weighted by Crippen LogP contribution is -2.25. The third-order valence-electron chi connectivity index (χ3n) is 6.77. The van der Waals surface area contributed by atoms with Crippen molar-refractivity contribution >= 4 is 39.3 Å². The van der Waals surface area contributed by atoms with Crippen LogP contribution in [0.1, 0.15) is 52.0 Å². The number of fused-ring (bicyclic) bond motifs is 1. The van der Waals surface area contributed by atoms with E-state index in [0.717, 1.165) is 44.7 Å². The zero-order valence-corrected chi connectivity index (χ0v) is 23.8. The average Bonchev–Trinajstić information content (AvgIpc) is 3.68. The van der Waals surface area contributed by atoms with E-state index in [1.54, 1.807) is 24.2 Å². The quantitative estimate of drug-likeness (QED) is 0.196. The molecular weight excluding hydrogens is 558 g/mol. The van der Waals surface area contributed by atoms with E-state index in [0.29, 0.717) is 11.1 Å². The van der Waals surface area contributed by atoms with Gasteiger partial charge in [0, 0.05) is 44.3 Å². The van der Waals surface area contributed by atoms with Crippen LogP contribution < -0.4 is 4.90 Å². The number of methoxy groups -OCH3 is 1. The fourth-order valence-corrected chi connectivity index (χ4v) is 6.74. The Morgan fingerprint density at radius 3 is 2.71 bits per heavy atom. The largest absolute Gasteiger partial charge is 0.465 e. The highest BCUT2D eigenvalue weighted by Crippen LogP contribution is 2.54. The van der Waals surface area contributed by atoms with Crippen molar-refractivity contribution in [2.24, 2.45) is 0 Å². The van der Waals surface area contributed by atoms with Crippen molar-refractivity contribution in [2.45, 2.75) is 36.1 Å². The van der Waals surface area contributed by atoms with Crippen molar-refractivity contribution in [1.29, 1.82) is 5.26 Å². The van der Waals surface area contributed by atoms with Gasteiger partial charge in [-0.05, 0) is 60.4 Å². The molecule has 5 rings (SSSR count). The van der Waals surface area contributed by atoms with Gasteiger partial charge in [-0.25, -0.2) is 4.79 Å². The molecule has 4 aromatic rings. The average molecular weight is 585 g/mol. The van der Waals surface area contributed by atoms with Crippen molar-refractivity contribution in [3.05, 3.63) is 105 Å². The predicted molar refractivity (Wildman–Crippen MR) is 155 cm³/mol. The summed E-state index contributed by atoms with van der Waals surface area (Å²) in [7, 11) is 1.40. The number of ether oxygens (including phenoxy) is 1. The Kier molecular flexibility index (Phi) is 7.55. The summed E-state index contributed by atoms with van der Waals surface area (Å²) in [5, 5.41) is 9.69. The van der Waals surface area contributed by atoms with E-state index in [9.17, 15) is 10.1 Å². The summed E-state index contributed by atoms with van der Waals surface area (Å²) in [6.45, 7) is 5.04. The molecule has 0 N–H and O–H groups in total. The summed E-state index contributed by atoms with van der Waals surface area (Å²) in [6, 6.07) is 22.6. The first-order valence-electron chi connectivity index (χ1n) is 12.4. The minimum Gasteiger partial charge on any atom is -0.465 e. The Morgan fingerprint density at radius 2 is 1.95 bits per heavy atom. The number of halogens is 1. The summed E-state index contributed by atoms with van der Waals surface area (Å²) in [5.41, 5.74) is 7.58. The molecule has 38 heavy (non-hydrogen) atoms. The van der Waals surface area contributed by atoms with Crippen molar-refractivity contribution in [2.75, 3.05) is 18.6 Å². The number of esters is 1. The van der Waals surface area contributed by atoms with E-state index < -0.39 is 0 Å². The zero-order valence-electron chi connectivity index (χ0n) is 21.4. The Labute approximate surface area is 235 Å². The maximum Gasteiger partial charge on any atom is 0.341 e. The lowest BCUT2D eigenvalue weighted by molar-refractivity contribution is 0.0601. The molecule has 190 valence electrons. The first kappa shape index (κ1) is 26.0. The van der Waals surface area contributed by atoms with Gasteiger partial charge in [0.15, 0.2) is 0 Å². The molecule has 1 aliphatic rings. The summed E-state index contributed by atoms with van der Waals surface area (Å²) >= 11 is 5.46. The third-order valence-corrected chi connectivity index (χ3v) is 8.67. The van der Waals surface area contributed by atoms with E-state index >= 15 is 0 Å². The van der Waals surface area contributed by atoms with Gasteiger partial charge in [0.25, 0.3) is 0 Å². The molecule has 0 radical (unpaired) electrons. The Balaban J connectivity index is 1.52. The van der Waals surface area contributed by atoms with Gasteiger partial charge in [0.05, 0.1) is 30.5 Å². The van der Waals surface area contributed by atoms with Crippen LogP contribution in [-0.4, -0.2) is 24.6 Å². The van der Waals surface area contributed by atoms with Crippen LogP contribution in [0.3, 0.4) is 0 Å². The number of benzene rings is 3. The highest BCUT2D eigenvalue weighted by Gasteiger charge is 2.41. The summed E-state index contributed by atoms with van der Waals surface area (Å²) in [4.78, 5) is 21.3. The van der Waals surface area contributed by atoms with E-state index in [-0.39, 0.29) is 12.0 Å². The highest BCUT2D eigenvalue weighted by atomic mass is 79.9. The molecule has 0 fully saturated rings. The fraction of sp³-hybridized carbons (Fsp3) is 0.194. The van der Waals surface area contributed by atoms with Gasteiger partial charge >= 0.3 is 5.97 Å². The van der Waals surface area contributed by atoms with Crippen molar-refractivity contribution in [3.8, 4) is 17.2 Å². The second-order valence-electron chi connectivity index (χ2n) is 9.04. The first-order chi connectivity index (χ1) is 18.5. The van der Waals surface area contributed by atoms with Crippen LogP contribution >= 0.6 is 27.7 Å². The van der Waals surface area contributed by atoms with Crippen LogP contribution in [0.5, 0.6) is 0 Å². The lowest BCUT2D eigenvalue weighted by Gasteiger charge is -2.26. The van der Waals surface area contributed by atoms with Crippen molar-refractivity contribution in [1.82, 2.24) is 4.98 Å². The van der Waals surface area contributed by atoms with E-state index in [1.165, 1.54) is 23.1 Å². The van der Waals surface area contributed by atoms with Gasteiger partial charge in [-0.1, -0.05) is 64.9 Å². The number of pyridine rings is 1. The molecule has 0 spiro atoms. The van der Waals surface area contributed by atoms with E-state index in [2.05, 4.69) is 76.1 Å². The van der Waals surface area contributed by atoms with Crippen LogP contribution in [-0.2, 0) is 4.74 Å². The Morgan fingerprint density at radius 1 is 1.13 bits per heavy atom. The van der Waals surface area contributed by atoms with Crippen LogP contribution in [0.25, 0.3) is 11.1 Å². The molecule has 0 saturated carbocycles. The molecule has 0 amide bonds. The van der Waals surface area contributed by atoms with Crippen LogP contribution in [0.4, 0.5) is 5.69 Å². The predicted octanol–water partition coefficient (Wildman–Crippen LogP) is 7.95. The molecule has 7 heteroatoms. The maximum absolute atomic E-state index is 12.5. The summed E-state index contributed by atoms with van der Waals surface area (Å²) in [6.07, 6.45) is 4.24. The second-order valence-corrected chi connectivity index (χ2v) is 11.0. The smallest absolute Gasteiger partial charge is 0.341 e. The summed E-state index contributed by atoms with van der Waals surface area (Å²) in [5.74, 6) is -0.385. The standard InChI is InChI=1S/C31H26BrN3O2S/c1-4-16-35(25-14-15-34-18-23(25)31(36)37-3)30-22-10-7-11-27(29(22)30)38-26-13-12-24(32)28(19(26)2)21-9-6-5-8-20(21)17-33/h5-15,18,30H,4,16H2,1-3H3. The van der Waals surface area contributed by atoms with Gasteiger partial charge in [-0.3, -0.25) is 4.98 Å². The first-order valence-corrected chi connectivity index (χ1v) is 14.0. The molecule has 5 nitrogen and oxygen atoms in total. The topological polar surface area (TPSA) is 66.2 Å². The lowest BCUT2D eigenvalue weighted by atomic mass is 9.96. The number of hydrogen-bond donors (Lipinski definition) is 0. The molecule has 0 bridgehead atoms. The number of aromatic nitrogens is 1. The number of nitrogens with zero attached hydrogens (tertiary/aromatic N) is 3. The van der Waals surface area contributed by atoms with Crippen LogP contribution in [0.15, 0.2) is 87.3 Å². The molecule has 1 heterocycles. The molecular formula is C31H26BrN3O2S. The minimum atomic E-state index is -0.385. The van der Waals surface area contributed by atoms with E-state index in [4.69, 9.17) is 4.74 Å². The molecule has 1 unspecified atom stereocenters. The second kappa shape index (κ2) is 11.0. The fourth-order valence-electron chi connectivity index (χ4n) is 4.98. The monoisotopic (exact) mass is 583 g/mol. The molecule has 1 atom stereocenters. The van der Waals surface area contributed by atoms with E-state index in [1.807, 2.05) is 30.3 Å². The Hall–Kier alpha value is -3.60. The number of carbonyl (C=O) groups excluding carboxylic acids is 1. The Bertz CT molecular complexity index is 1580. The number of carbonyl (C=O) groups is 1. The summed E-state index contributed by atoms with van der Waals surface area (Å²) < 4.78 is 6.00. The highest BCUT2D eigenvalue weighted by molar-refractivity contribution is 9.10. The van der Waals surface area contributed by atoms with Gasteiger partial charge in [-0.15, -0.1) is 0 Å². The number of nitriles is 1. The third kappa shape index (κ3) is 4.70. The number of anilines is 1. The van der Waals surface area contributed by atoms with Crippen molar-refractivity contribution in [3.63, 3.8) is 0 Å². The zero-order chi connectivity index (χ0) is 26.8. The molecule has 0 saturated heterocycles. The van der Waals surface area contributed by atoms with Gasteiger partial charge < -0.3 is 9.64 Å². The number of rotatable bonds is 8. The normalized spacial score (nSPS) is 13.4.